The van der Waals surface area contributed by atoms with Crippen LogP contribution in [0.4, 0.5) is 0 Å². The van der Waals surface area contributed by atoms with Gasteiger partial charge >= 0.3 is 5.69 Å². The number of H-pyrrole nitrogens is 1. The summed E-state index contributed by atoms with van der Waals surface area (Å²) in [7, 11) is -4.27. The van der Waals surface area contributed by atoms with Gasteiger partial charge in [0.05, 0.1) is 18.4 Å². The average molecular weight is 883 g/mol. The van der Waals surface area contributed by atoms with Crippen LogP contribution in [-0.2, 0) is 39.7 Å². The minimum atomic E-state index is -4.27. The zero-order chi connectivity index (χ0) is 44.9. The lowest BCUT2D eigenvalue weighted by atomic mass is 9.79. The van der Waals surface area contributed by atoms with Crippen molar-refractivity contribution in [2.45, 2.75) is 35.7 Å². The van der Waals surface area contributed by atoms with Crippen molar-refractivity contribution in [1.82, 2.24) is 9.55 Å². The summed E-state index contributed by atoms with van der Waals surface area (Å²) in [5, 5.41) is 0. The van der Waals surface area contributed by atoms with Gasteiger partial charge in [0.15, 0.2) is 6.23 Å². The molecule has 1 N–H and O–H groups in total. The Labute approximate surface area is 377 Å². The van der Waals surface area contributed by atoms with Crippen molar-refractivity contribution in [3.8, 4) is 11.1 Å². The molecule has 65 heavy (non-hydrogen) atoms. The van der Waals surface area contributed by atoms with Crippen LogP contribution in [-0.4, -0.2) is 49.1 Å². The van der Waals surface area contributed by atoms with Crippen molar-refractivity contribution >= 4 is 10.1 Å². The lowest BCUT2D eigenvalue weighted by molar-refractivity contribution is -0.123. The highest BCUT2D eigenvalue weighted by molar-refractivity contribution is 7.86. The first kappa shape index (κ1) is 43.3. The van der Waals surface area contributed by atoms with E-state index in [0.717, 1.165) is 22.9 Å². The summed E-state index contributed by atoms with van der Waals surface area (Å²) in [4.78, 5) is 30.3. The summed E-state index contributed by atoms with van der Waals surface area (Å²) >= 11 is 0. The molecule has 4 atom stereocenters. The molecular weight excluding hydrogens is 837 g/mol. The van der Waals surface area contributed by atoms with Crippen LogP contribution in [0.1, 0.15) is 39.6 Å². The van der Waals surface area contributed by atoms with E-state index in [4.69, 9.17) is 18.4 Å². The van der Waals surface area contributed by atoms with Crippen molar-refractivity contribution in [3.05, 3.63) is 273 Å². The molecule has 10 nitrogen and oxygen atoms in total. The lowest BCUT2D eigenvalue weighted by Crippen LogP contribution is -2.47. The van der Waals surface area contributed by atoms with Gasteiger partial charge in [0.2, 0.25) is 0 Å². The van der Waals surface area contributed by atoms with Crippen LogP contribution in [0.25, 0.3) is 11.1 Å². The Morgan fingerprint density at radius 3 is 1.29 bits per heavy atom. The maximum Gasteiger partial charge on any atom is 0.330 e. The Morgan fingerprint density at radius 2 is 0.908 bits per heavy atom. The van der Waals surface area contributed by atoms with Gasteiger partial charge in [-0.15, -0.1) is 0 Å². The third kappa shape index (κ3) is 8.68. The number of benzene rings is 7. The van der Waals surface area contributed by atoms with Crippen molar-refractivity contribution in [2.75, 3.05) is 12.9 Å². The Kier molecular flexibility index (Phi) is 12.4. The van der Waals surface area contributed by atoms with Crippen LogP contribution >= 0.6 is 0 Å². The smallest absolute Gasteiger partial charge is 0.330 e. The number of ether oxygens (including phenoxy) is 3. The molecule has 1 saturated heterocycles. The summed E-state index contributed by atoms with van der Waals surface area (Å²) < 4.78 is 56.5. The maximum absolute atomic E-state index is 14.3. The van der Waals surface area contributed by atoms with E-state index >= 15 is 0 Å². The molecule has 326 valence electrons. The third-order valence-electron chi connectivity index (χ3n) is 11.8. The molecule has 1 aliphatic heterocycles. The number of nitrogens with one attached hydrogen (secondary N) is 1. The van der Waals surface area contributed by atoms with Crippen molar-refractivity contribution in [1.29, 1.82) is 0 Å². The van der Waals surface area contributed by atoms with Crippen LogP contribution in [0, 0.1) is 0 Å². The van der Waals surface area contributed by atoms with Crippen LogP contribution in [0.2, 0.25) is 0 Å². The van der Waals surface area contributed by atoms with Gasteiger partial charge in [-0.2, -0.15) is 8.42 Å². The molecule has 9 rings (SSSR count). The highest BCUT2D eigenvalue weighted by Gasteiger charge is 2.55. The fraction of sp³-hybridized carbons (Fsp3) is 0.148. The predicted octanol–water partition coefficient (Wildman–Crippen LogP) is 8.83. The van der Waals surface area contributed by atoms with Gasteiger partial charge < -0.3 is 14.2 Å². The summed E-state index contributed by atoms with van der Waals surface area (Å²) in [6, 6.07) is 66.9. The monoisotopic (exact) mass is 882 g/mol. The molecule has 2 heterocycles. The molecule has 8 aromatic rings. The summed E-state index contributed by atoms with van der Waals surface area (Å²) in [5.41, 5.74) is 1.19. The summed E-state index contributed by atoms with van der Waals surface area (Å²) in [5.74, 6) is 0. The number of hydrogen-bond donors (Lipinski definition) is 1. The number of rotatable bonds is 15. The van der Waals surface area contributed by atoms with Crippen LogP contribution < -0.4 is 11.2 Å². The second-order valence-electron chi connectivity index (χ2n) is 15.9. The van der Waals surface area contributed by atoms with Gasteiger partial charge in [-0.25, -0.2) is 4.79 Å². The minimum Gasteiger partial charge on any atom is -0.358 e. The molecule has 1 aromatic heterocycles. The fourth-order valence-corrected chi connectivity index (χ4v) is 9.55. The summed E-state index contributed by atoms with van der Waals surface area (Å²) in [6.07, 6.45) is -2.99. The molecule has 0 bridgehead atoms. The molecular formula is C54H46N2O8S. The molecule has 0 amide bonds. The Bertz CT molecular complexity index is 2850. The first-order valence-corrected chi connectivity index (χ1v) is 23.1. The molecule has 0 radical (unpaired) electrons. The predicted molar refractivity (Wildman–Crippen MR) is 250 cm³/mol. The average Bonchev–Trinajstić information content (AvgIpc) is 3.67. The van der Waals surface area contributed by atoms with Crippen molar-refractivity contribution in [2.24, 2.45) is 0 Å². The molecule has 0 aliphatic carbocycles. The fourth-order valence-electron chi connectivity index (χ4n) is 8.91. The first-order valence-electron chi connectivity index (χ1n) is 21.3. The van der Waals surface area contributed by atoms with Gasteiger partial charge in [0.25, 0.3) is 15.7 Å². The van der Waals surface area contributed by atoms with Gasteiger partial charge in [0, 0.05) is 6.20 Å². The largest absolute Gasteiger partial charge is 0.358 e. The highest BCUT2D eigenvalue weighted by atomic mass is 32.2. The van der Waals surface area contributed by atoms with Crippen molar-refractivity contribution in [3.63, 3.8) is 0 Å². The molecule has 7 aromatic carbocycles. The van der Waals surface area contributed by atoms with Gasteiger partial charge in [0.1, 0.15) is 29.5 Å². The van der Waals surface area contributed by atoms with E-state index in [1.54, 1.807) is 24.3 Å². The number of nitrogens with zero attached hydrogens (tertiary/aromatic N) is 1. The third-order valence-corrected chi connectivity index (χ3v) is 12.3. The standard InChI is InChI=1S/C54H46N2O8S/c1-65(59,60)64-48-47(38-61-53(40-25-11-3-12-26-40,41-27-13-4-14-28-41)42-29-15-5-16-30-42)62-51(56-37-46(50(57)55-52(56)58)39-23-9-2-10-24-39)49(48)63-54(43-31-17-6-18-32-43,44-33-19-7-20-34-44)45-35-21-8-22-36-45/h2-37,47-49,51H,38H2,1H3,(H,55,57,58)/t47-,48-,49-,51-/m1/s1. The number of aromatic amines is 1. The molecule has 1 fully saturated rings. The topological polar surface area (TPSA) is 126 Å². The van der Waals surface area contributed by atoms with E-state index < -0.39 is 57.1 Å². The second kappa shape index (κ2) is 18.6. The molecule has 11 heteroatoms. The Morgan fingerprint density at radius 1 is 0.538 bits per heavy atom. The SMILES string of the molecule is CS(=O)(=O)O[C@H]1[C@@H](OC(c2ccccc2)(c2ccccc2)c2ccccc2)[C@H](n2cc(-c3ccccc3)c(=O)[nH]c2=O)O[C@@H]1COC(c1ccccc1)(c1ccccc1)c1ccccc1. The van der Waals surface area contributed by atoms with Crippen LogP contribution in [0.15, 0.2) is 228 Å². The Balaban J connectivity index is 1.27. The summed E-state index contributed by atoms with van der Waals surface area (Å²) in [6.45, 7) is -0.256. The molecule has 0 spiro atoms. The van der Waals surface area contributed by atoms with Gasteiger partial charge in [-0.1, -0.05) is 212 Å². The van der Waals surface area contributed by atoms with E-state index in [2.05, 4.69) is 4.98 Å². The lowest BCUT2D eigenvalue weighted by Gasteiger charge is -2.40. The van der Waals surface area contributed by atoms with E-state index in [1.807, 2.05) is 188 Å². The quantitative estimate of drug-likeness (QED) is 0.0800. The van der Waals surface area contributed by atoms with E-state index in [1.165, 1.54) is 10.8 Å². The zero-order valence-corrected chi connectivity index (χ0v) is 36.2. The normalized spacial score (nSPS) is 17.7. The Hall–Kier alpha value is -6.99. The van der Waals surface area contributed by atoms with E-state index in [-0.39, 0.29) is 12.2 Å². The molecule has 0 saturated carbocycles. The molecule has 1 aliphatic rings. The maximum atomic E-state index is 14.3. The first-order chi connectivity index (χ1) is 31.7. The highest BCUT2D eigenvalue weighted by Crippen LogP contribution is 2.47. The number of aromatic nitrogens is 2. The van der Waals surface area contributed by atoms with Crippen LogP contribution in [0.5, 0.6) is 0 Å². The zero-order valence-electron chi connectivity index (χ0n) is 35.4. The van der Waals surface area contributed by atoms with Crippen LogP contribution in [0.3, 0.4) is 0 Å². The van der Waals surface area contributed by atoms with E-state index in [9.17, 15) is 18.0 Å². The molecule has 0 unspecified atom stereocenters. The minimum absolute atomic E-state index is 0.185. The van der Waals surface area contributed by atoms with Gasteiger partial charge in [-0.3, -0.25) is 18.5 Å². The van der Waals surface area contributed by atoms with Crippen molar-refractivity contribution < 1.29 is 26.8 Å². The van der Waals surface area contributed by atoms with Gasteiger partial charge in [-0.05, 0) is 38.9 Å². The second-order valence-corrected chi connectivity index (χ2v) is 17.5. The van der Waals surface area contributed by atoms with E-state index in [0.29, 0.717) is 22.3 Å². The number of hydrogen-bond acceptors (Lipinski definition) is 8.